The molecular formula is C15H19N5O. The number of hydrogen-bond acceptors (Lipinski definition) is 5. The number of anilines is 2. The van der Waals surface area contributed by atoms with E-state index in [0.717, 1.165) is 30.9 Å². The number of nitrogens with one attached hydrogen (secondary N) is 2. The van der Waals surface area contributed by atoms with E-state index in [4.69, 9.17) is 0 Å². The van der Waals surface area contributed by atoms with Gasteiger partial charge in [-0.25, -0.2) is 9.97 Å². The highest BCUT2D eigenvalue weighted by Gasteiger charge is 2.10. The number of hydrogen-bond donors (Lipinski definition) is 2. The average Bonchev–Trinajstić information content (AvgIpc) is 2.53. The molecule has 0 aliphatic heterocycles. The minimum atomic E-state index is -0.216. The second-order valence-corrected chi connectivity index (χ2v) is 4.56. The van der Waals surface area contributed by atoms with E-state index in [1.807, 2.05) is 6.92 Å². The van der Waals surface area contributed by atoms with Crippen LogP contribution in [0.1, 0.15) is 36.3 Å². The lowest BCUT2D eigenvalue weighted by Gasteiger charge is -2.09. The second kappa shape index (κ2) is 7.33. The molecule has 0 bridgehead atoms. The Morgan fingerprint density at radius 2 is 2.05 bits per heavy atom. The van der Waals surface area contributed by atoms with Gasteiger partial charge < -0.3 is 10.6 Å². The highest BCUT2D eigenvalue weighted by molar-refractivity contribution is 6.04. The SMILES string of the molecule is CCCNc1cc(C(=O)Nc2cnccn2)cc(CC)n1. The topological polar surface area (TPSA) is 79.8 Å². The number of amides is 1. The Morgan fingerprint density at radius 1 is 1.19 bits per heavy atom. The third-order valence-corrected chi connectivity index (χ3v) is 2.86. The standard InChI is InChI=1S/C15H19N5O/c1-3-5-17-13-9-11(8-12(4-2)19-13)15(21)20-14-10-16-6-7-18-14/h6-10H,3-5H2,1-2H3,(H,17,19)(H,18,20,21). The van der Waals surface area contributed by atoms with Crippen LogP contribution < -0.4 is 10.6 Å². The number of nitrogens with zero attached hydrogens (tertiary/aromatic N) is 3. The van der Waals surface area contributed by atoms with E-state index >= 15 is 0 Å². The van der Waals surface area contributed by atoms with Gasteiger partial charge in [-0.3, -0.25) is 9.78 Å². The number of aryl methyl sites for hydroxylation is 1. The molecule has 21 heavy (non-hydrogen) atoms. The minimum Gasteiger partial charge on any atom is -0.370 e. The van der Waals surface area contributed by atoms with E-state index in [1.54, 1.807) is 18.3 Å². The maximum Gasteiger partial charge on any atom is 0.257 e. The van der Waals surface area contributed by atoms with Gasteiger partial charge in [-0.15, -0.1) is 0 Å². The molecule has 6 heteroatoms. The molecule has 2 aromatic rings. The lowest BCUT2D eigenvalue weighted by Crippen LogP contribution is -2.15. The van der Waals surface area contributed by atoms with Gasteiger partial charge >= 0.3 is 0 Å². The lowest BCUT2D eigenvalue weighted by atomic mass is 10.2. The van der Waals surface area contributed by atoms with Gasteiger partial charge in [0.15, 0.2) is 5.82 Å². The van der Waals surface area contributed by atoms with Crippen LogP contribution in [0.15, 0.2) is 30.7 Å². The summed E-state index contributed by atoms with van der Waals surface area (Å²) in [5.41, 5.74) is 1.44. The summed E-state index contributed by atoms with van der Waals surface area (Å²) in [6.45, 7) is 4.92. The first-order valence-corrected chi connectivity index (χ1v) is 7.05. The molecule has 0 aliphatic carbocycles. The van der Waals surface area contributed by atoms with Crippen molar-refractivity contribution in [2.45, 2.75) is 26.7 Å². The third kappa shape index (κ3) is 4.24. The molecule has 1 amide bonds. The molecule has 0 fully saturated rings. The maximum absolute atomic E-state index is 12.3. The highest BCUT2D eigenvalue weighted by atomic mass is 16.1. The molecule has 0 aliphatic rings. The summed E-state index contributed by atoms with van der Waals surface area (Å²) >= 11 is 0. The van der Waals surface area contributed by atoms with Crippen molar-refractivity contribution in [1.29, 1.82) is 0 Å². The van der Waals surface area contributed by atoms with Crippen LogP contribution in [0, 0.1) is 0 Å². The van der Waals surface area contributed by atoms with E-state index in [1.165, 1.54) is 12.4 Å². The Balaban J connectivity index is 2.19. The fraction of sp³-hybridized carbons (Fsp3) is 0.333. The van der Waals surface area contributed by atoms with Crippen LogP contribution in [0.5, 0.6) is 0 Å². The van der Waals surface area contributed by atoms with Gasteiger partial charge in [-0.2, -0.15) is 0 Å². The molecule has 6 nitrogen and oxygen atoms in total. The Bertz CT molecular complexity index is 600. The lowest BCUT2D eigenvalue weighted by molar-refractivity contribution is 0.102. The predicted octanol–water partition coefficient (Wildman–Crippen LogP) is 2.51. The third-order valence-electron chi connectivity index (χ3n) is 2.86. The first-order chi connectivity index (χ1) is 10.2. The van der Waals surface area contributed by atoms with Crippen LogP contribution >= 0.6 is 0 Å². The van der Waals surface area contributed by atoms with Gasteiger partial charge in [0, 0.05) is 30.2 Å². The van der Waals surface area contributed by atoms with E-state index in [2.05, 4.69) is 32.5 Å². The van der Waals surface area contributed by atoms with E-state index < -0.39 is 0 Å². The summed E-state index contributed by atoms with van der Waals surface area (Å²) in [6, 6.07) is 3.54. The van der Waals surface area contributed by atoms with Gasteiger partial charge in [0.05, 0.1) is 6.20 Å². The van der Waals surface area contributed by atoms with Gasteiger partial charge in [-0.05, 0) is 25.0 Å². The molecule has 0 saturated heterocycles. The first-order valence-electron chi connectivity index (χ1n) is 7.05. The maximum atomic E-state index is 12.3. The minimum absolute atomic E-state index is 0.216. The number of carbonyl (C=O) groups is 1. The normalized spacial score (nSPS) is 10.2. The number of pyridine rings is 1. The molecule has 2 heterocycles. The first kappa shape index (κ1) is 14.9. The monoisotopic (exact) mass is 285 g/mol. The van der Waals surface area contributed by atoms with E-state index in [9.17, 15) is 4.79 Å². The summed E-state index contributed by atoms with van der Waals surface area (Å²) in [7, 11) is 0. The van der Waals surface area contributed by atoms with Crippen molar-refractivity contribution in [3.8, 4) is 0 Å². The van der Waals surface area contributed by atoms with Gasteiger partial charge in [0.1, 0.15) is 5.82 Å². The zero-order chi connectivity index (χ0) is 15.1. The molecular weight excluding hydrogens is 266 g/mol. The Labute approximate surface area is 124 Å². The van der Waals surface area contributed by atoms with Crippen molar-refractivity contribution < 1.29 is 4.79 Å². The average molecular weight is 285 g/mol. The number of aromatic nitrogens is 3. The fourth-order valence-electron chi connectivity index (χ4n) is 1.80. The van der Waals surface area contributed by atoms with Crippen molar-refractivity contribution >= 4 is 17.5 Å². The predicted molar refractivity (Wildman–Crippen MR) is 82.4 cm³/mol. The van der Waals surface area contributed by atoms with Crippen LogP contribution in [0.3, 0.4) is 0 Å². The summed E-state index contributed by atoms with van der Waals surface area (Å²) < 4.78 is 0. The molecule has 0 radical (unpaired) electrons. The zero-order valence-corrected chi connectivity index (χ0v) is 12.3. The largest absolute Gasteiger partial charge is 0.370 e. The van der Waals surface area contributed by atoms with Crippen LogP contribution in [-0.2, 0) is 6.42 Å². The van der Waals surface area contributed by atoms with Crippen molar-refractivity contribution in [2.75, 3.05) is 17.2 Å². The Hall–Kier alpha value is -2.50. The Morgan fingerprint density at radius 3 is 2.71 bits per heavy atom. The number of carbonyl (C=O) groups excluding carboxylic acids is 1. The molecule has 0 aromatic carbocycles. The molecule has 0 spiro atoms. The van der Waals surface area contributed by atoms with Crippen LogP contribution in [0.4, 0.5) is 11.6 Å². The van der Waals surface area contributed by atoms with Gasteiger partial charge in [-0.1, -0.05) is 13.8 Å². The van der Waals surface area contributed by atoms with Crippen molar-refractivity contribution in [3.05, 3.63) is 42.0 Å². The summed E-state index contributed by atoms with van der Waals surface area (Å²) in [5, 5.41) is 5.93. The molecule has 2 N–H and O–H groups in total. The molecule has 2 aromatic heterocycles. The summed E-state index contributed by atoms with van der Waals surface area (Å²) in [5.74, 6) is 0.938. The van der Waals surface area contributed by atoms with Crippen LogP contribution in [-0.4, -0.2) is 27.4 Å². The zero-order valence-electron chi connectivity index (χ0n) is 12.3. The second-order valence-electron chi connectivity index (χ2n) is 4.56. The molecule has 0 saturated carbocycles. The summed E-state index contributed by atoms with van der Waals surface area (Å²) in [6.07, 6.45) is 6.38. The fourth-order valence-corrected chi connectivity index (χ4v) is 1.80. The van der Waals surface area contributed by atoms with Crippen molar-refractivity contribution in [2.24, 2.45) is 0 Å². The van der Waals surface area contributed by atoms with Gasteiger partial charge in [0.2, 0.25) is 0 Å². The Kier molecular flexibility index (Phi) is 5.20. The quantitative estimate of drug-likeness (QED) is 0.852. The molecule has 2 rings (SSSR count). The smallest absolute Gasteiger partial charge is 0.257 e. The molecule has 0 atom stereocenters. The van der Waals surface area contributed by atoms with E-state index in [-0.39, 0.29) is 5.91 Å². The van der Waals surface area contributed by atoms with E-state index in [0.29, 0.717) is 11.4 Å². The van der Waals surface area contributed by atoms with Crippen LogP contribution in [0.2, 0.25) is 0 Å². The highest BCUT2D eigenvalue weighted by Crippen LogP contribution is 2.13. The summed E-state index contributed by atoms with van der Waals surface area (Å²) in [4.78, 5) is 24.7. The molecule has 0 unspecified atom stereocenters. The number of rotatable bonds is 6. The van der Waals surface area contributed by atoms with Crippen molar-refractivity contribution in [3.63, 3.8) is 0 Å². The van der Waals surface area contributed by atoms with Crippen LogP contribution in [0.25, 0.3) is 0 Å². The van der Waals surface area contributed by atoms with Crippen molar-refractivity contribution in [1.82, 2.24) is 15.0 Å². The van der Waals surface area contributed by atoms with Gasteiger partial charge in [0.25, 0.3) is 5.91 Å². The molecule has 110 valence electrons.